The average Bonchev–Trinajstić information content (AvgIpc) is 2.68. The molecule has 0 spiro atoms. The lowest BCUT2D eigenvalue weighted by Gasteiger charge is -2.11. The number of hydrogen-bond acceptors (Lipinski definition) is 4. The molecule has 0 aliphatic carbocycles. The summed E-state index contributed by atoms with van der Waals surface area (Å²) in [4.78, 5) is 8.78. The van der Waals surface area contributed by atoms with E-state index in [-0.39, 0.29) is 5.92 Å². The van der Waals surface area contributed by atoms with Gasteiger partial charge in [-0.3, -0.25) is 0 Å². The molecule has 0 radical (unpaired) electrons. The minimum atomic E-state index is 0.232. The lowest BCUT2D eigenvalue weighted by molar-refractivity contribution is 0.743. The molecule has 2 rings (SSSR count). The summed E-state index contributed by atoms with van der Waals surface area (Å²) in [7, 11) is 0. The lowest BCUT2D eigenvalue weighted by Crippen LogP contribution is -2.10. The number of nitrogens with two attached hydrogens (primary N) is 1. The monoisotopic (exact) mass is 295 g/mol. The summed E-state index contributed by atoms with van der Waals surface area (Å²) in [6.45, 7) is 5.96. The number of anilines is 1. The quantitative estimate of drug-likeness (QED) is 0.924. The fourth-order valence-corrected chi connectivity index (χ4v) is 1.72. The predicted molar refractivity (Wildman–Crippen MR) is 70.1 cm³/mol. The van der Waals surface area contributed by atoms with Gasteiger partial charge in [0.2, 0.25) is 0 Å². The Bertz CT molecular complexity index is 547. The fraction of sp³-hybridized carbons (Fsp3) is 0.364. The van der Waals surface area contributed by atoms with Crippen LogP contribution in [0.25, 0.3) is 5.82 Å². The average molecular weight is 296 g/mol. The summed E-state index contributed by atoms with van der Waals surface area (Å²) >= 11 is 3.36. The third kappa shape index (κ3) is 2.31. The van der Waals surface area contributed by atoms with Crippen LogP contribution in [0.2, 0.25) is 0 Å². The van der Waals surface area contributed by atoms with E-state index in [0.29, 0.717) is 5.82 Å². The molecule has 90 valence electrons. The van der Waals surface area contributed by atoms with Gasteiger partial charge in [0, 0.05) is 17.7 Å². The SMILES string of the molecule is Cc1c(N)nc(C(C)C)nc1-n1cc(Br)cn1. The summed E-state index contributed by atoms with van der Waals surface area (Å²) in [5.41, 5.74) is 6.74. The van der Waals surface area contributed by atoms with E-state index in [1.165, 1.54) is 0 Å². The molecule has 0 aliphatic rings. The maximum atomic E-state index is 5.90. The van der Waals surface area contributed by atoms with Gasteiger partial charge in [0.1, 0.15) is 11.6 Å². The van der Waals surface area contributed by atoms with Gasteiger partial charge in [0.05, 0.1) is 10.7 Å². The van der Waals surface area contributed by atoms with Crippen molar-refractivity contribution in [3.8, 4) is 5.82 Å². The number of halogens is 1. The van der Waals surface area contributed by atoms with Crippen LogP contribution in [0.5, 0.6) is 0 Å². The first-order valence-electron chi connectivity index (χ1n) is 5.33. The first kappa shape index (κ1) is 12.0. The van der Waals surface area contributed by atoms with Crippen molar-refractivity contribution in [2.45, 2.75) is 26.7 Å². The van der Waals surface area contributed by atoms with Gasteiger partial charge in [-0.05, 0) is 22.9 Å². The molecule has 0 saturated heterocycles. The Balaban J connectivity index is 2.60. The predicted octanol–water partition coefficient (Wildman–Crippen LogP) is 2.44. The van der Waals surface area contributed by atoms with Gasteiger partial charge in [-0.1, -0.05) is 13.8 Å². The van der Waals surface area contributed by atoms with E-state index in [2.05, 4.69) is 31.0 Å². The molecule has 0 amide bonds. The Kier molecular flexibility index (Phi) is 3.15. The molecule has 5 nitrogen and oxygen atoms in total. The van der Waals surface area contributed by atoms with Crippen LogP contribution in [0.1, 0.15) is 31.2 Å². The van der Waals surface area contributed by atoms with E-state index in [1.807, 2.05) is 27.0 Å². The third-order valence-electron chi connectivity index (χ3n) is 2.46. The summed E-state index contributed by atoms with van der Waals surface area (Å²) in [6, 6.07) is 0. The highest BCUT2D eigenvalue weighted by Gasteiger charge is 2.13. The zero-order valence-corrected chi connectivity index (χ0v) is 11.6. The van der Waals surface area contributed by atoms with Crippen molar-refractivity contribution in [1.82, 2.24) is 19.7 Å². The van der Waals surface area contributed by atoms with Gasteiger partial charge < -0.3 is 5.73 Å². The molecule has 6 heteroatoms. The van der Waals surface area contributed by atoms with Crippen LogP contribution in [-0.2, 0) is 0 Å². The van der Waals surface area contributed by atoms with Crippen LogP contribution in [0.4, 0.5) is 5.82 Å². The molecule has 0 unspecified atom stereocenters. The van der Waals surface area contributed by atoms with E-state index >= 15 is 0 Å². The molecular formula is C11H14BrN5. The highest BCUT2D eigenvalue weighted by Crippen LogP contribution is 2.20. The van der Waals surface area contributed by atoms with Crippen molar-refractivity contribution in [2.24, 2.45) is 0 Å². The van der Waals surface area contributed by atoms with Gasteiger partial charge in [-0.2, -0.15) is 5.10 Å². The van der Waals surface area contributed by atoms with Gasteiger partial charge >= 0.3 is 0 Å². The normalized spacial score (nSPS) is 11.1. The van der Waals surface area contributed by atoms with Gasteiger partial charge in [-0.15, -0.1) is 0 Å². The molecular weight excluding hydrogens is 282 g/mol. The van der Waals surface area contributed by atoms with E-state index < -0.39 is 0 Å². The minimum absolute atomic E-state index is 0.232. The lowest BCUT2D eigenvalue weighted by atomic mass is 10.2. The number of rotatable bonds is 2. The van der Waals surface area contributed by atoms with Crippen LogP contribution in [-0.4, -0.2) is 19.7 Å². The van der Waals surface area contributed by atoms with Gasteiger partial charge in [0.25, 0.3) is 0 Å². The van der Waals surface area contributed by atoms with Crippen molar-refractivity contribution in [2.75, 3.05) is 5.73 Å². The molecule has 0 bridgehead atoms. The summed E-state index contributed by atoms with van der Waals surface area (Å²) in [5, 5.41) is 4.21. The number of nitrogen functional groups attached to an aromatic ring is 1. The van der Waals surface area contributed by atoms with Crippen LogP contribution in [0, 0.1) is 6.92 Å². The smallest absolute Gasteiger partial charge is 0.162 e. The second kappa shape index (κ2) is 4.44. The van der Waals surface area contributed by atoms with Crippen LogP contribution in [0.3, 0.4) is 0 Å². The van der Waals surface area contributed by atoms with Crippen molar-refractivity contribution in [1.29, 1.82) is 0 Å². The molecule has 2 aromatic heterocycles. The van der Waals surface area contributed by atoms with Crippen molar-refractivity contribution < 1.29 is 0 Å². The van der Waals surface area contributed by atoms with E-state index in [0.717, 1.165) is 21.7 Å². The molecule has 0 fully saturated rings. The summed E-state index contributed by atoms with van der Waals surface area (Å²) in [6.07, 6.45) is 3.56. The van der Waals surface area contributed by atoms with Crippen LogP contribution >= 0.6 is 15.9 Å². The summed E-state index contributed by atoms with van der Waals surface area (Å²) < 4.78 is 2.60. The molecule has 0 aliphatic heterocycles. The number of aromatic nitrogens is 4. The molecule has 0 saturated carbocycles. The maximum absolute atomic E-state index is 5.90. The van der Waals surface area contributed by atoms with E-state index in [4.69, 9.17) is 5.73 Å². The largest absolute Gasteiger partial charge is 0.383 e. The Morgan fingerprint density at radius 3 is 2.59 bits per heavy atom. The van der Waals surface area contributed by atoms with Crippen molar-refractivity contribution in [3.63, 3.8) is 0 Å². The van der Waals surface area contributed by atoms with Crippen molar-refractivity contribution in [3.05, 3.63) is 28.3 Å². The molecule has 2 aromatic rings. The van der Waals surface area contributed by atoms with Crippen LogP contribution < -0.4 is 5.73 Å². The highest BCUT2D eigenvalue weighted by molar-refractivity contribution is 9.10. The van der Waals surface area contributed by atoms with Gasteiger partial charge in [0.15, 0.2) is 5.82 Å². The minimum Gasteiger partial charge on any atom is -0.383 e. The third-order valence-corrected chi connectivity index (χ3v) is 2.87. The Hall–Kier alpha value is -1.43. The molecule has 0 aromatic carbocycles. The highest BCUT2D eigenvalue weighted by atomic mass is 79.9. The second-order valence-corrected chi connectivity index (χ2v) is 5.09. The molecule has 2 heterocycles. The zero-order chi connectivity index (χ0) is 12.6. The fourth-order valence-electron chi connectivity index (χ4n) is 1.44. The Labute approximate surface area is 108 Å². The maximum Gasteiger partial charge on any atom is 0.162 e. The zero-order valence-electron chi connectivity index (χ0n) is 9.98. The molecule has 0 atom stereocenters. The standard InChI is InChI=1S/C11H14BrN5/c1-6(2)10-15-9(13)7(3)11(16-10)17-5-8(12)4-14-17/h4-6H,1-3H3,(H2,13,15,16). The second-order valence-electron chi connectivity index (χ2n) is 4.17. The van der Waals surface area contributed by atoms with Crippen LogP contribution in [0.15, 0.2) is 16.9 Å². The Morgan fingerprint density at radius 2 is 2.06 bits per heavy atom. The summed E-state index contributed by atoms with van der Waals surface area (Å²) in [5.74, 6) is 2.20. The topological polar surface area (TPSA) is 69.6 Å². The van der Waals surface area contributed by atoms with Gasteiger partial charge in [-0.25, -0.2) is 14.6 Å². The molecule has 2 N–H and O–H groups in total. The number of hydrogen-bond donors (Lipinski definition) is 1. The first-order valence-corrected chi connectivity index (χ1v) is 6.13. The molecule has 17 heavy (non-hydrogen) atoms. The van der Waals surface area contributed by atoms with Crippen molar-refractivity contribution >= 4 is 21.7 Å². The number of nitrogens with zero attached hydrogens (tertiary/aromatic N) is 4. The van der Waals surface area contributed by atoms with E-state index in [1.54, 1.807) is 10.9 Å². The van der Waals surface area contributed by atoms with E-state index in [9.17, 15) is 0 Å². The Morgan fingerprint density at radius 1 is 1.35 bits per heavy atom. The first-order chi connectivity index (χ1) is 7.99.